The molecule has 5 rings (SSSR count). The summed E-state index contributed by atoms with van der Waals surface area (Å²) in [4.78, 5) is 29.8. The van der Waals surface area contributed by atoms with Crippen molar-refractivity contribution in [1.82, 2.24) is 19.9 Å². The van der Waals surface area contributed by atoms with Crippen LogP contribution in [0, 0.1) is 12.7 Å². The van der Waals surface area contributed by atoms with Crippen LogP contribution in [0.2, 0.25) is 0 Å². The summed E-state index contributed by atoms with van der Waals surface area (Å²) in [5, 5.41) is 4.23. The van der Waals surface area contributed by atoms with E-state index in [1.807, 2.05) is 36.1 Å². The lowest BCUT2D eigenvalue weighted by Gasteiger charge is -2.35. The Morgan fingerprint density at radius 1 is 1.12 bits per heavy atom. The third-order valence-corrected chi connectivity index (χ3v) is 6.93. The quantitative estimate of drug-likeness (QED) is 0.436. The Morgan fingerprint density at radius 3 is 2.82 bits per heavy atom. The lowest BCUT2D eigenvalue weighted by atomic mass is 10.0. The Balaban J connectivity index is 1.36. The number of nitrogens with zero attached hydrogens (tertiary/aromatic N) is 4. The second-order valence-corrected chi connectivity index (χ2v) is 9.39. The first-order valence-electron chi connectivity index (χ1n) is 11.1. The van der Waals surface area contributed by atoms with E-state index in [9.17, 15) is 9.18 Å². The molecule has 1 saturated heterocycles. The molecule has 1 atom stereocenters. The summed E-state index contributed by atoms with van der Waals surface area (Å²) in [7, 11) is 0. The highest BCUT2D eigenvalue weighted by Crippen LogP contribution is 2.32. The van der Waals surface area contributed by atoms with Crippen molar-refractivity contribution >= 4 is 34.1 Å². The lowest BCUT2D eigenvalue weighted by Crippen LogP contribution is -2.47. The van der Waals surface area contributed by atoms with Gasteiger partial charge in [0.15, 0.2) is 0 Å². The van der Waals surface area contributed by atoms with E-state index in [0.717, 1.165) is 51.6 Å². The number of aromatic nitrogens is 3. The van der Waals surface area contributed by atoms with E-state index in [0.29, 0.717) is 18.8 Å². The van der Waals surface area contributed by atoms with Gasteiger partial charge in [0.05, 0.1) is 20.9 Å². The minimum absolute atomic E-state index is 0.0423. The number of fused-ring (bicyclic) bond motifs is 1. The molecular weight excluding hydrogens is 437 g/mol. The number of benzene rings is 1. The van der Waals surface area contributed by atoms with Crippen LogP contribution in [0.4, 0.5) is 10.2 Å². The fraction of sp³-hybridized carbons (Fsp3) is 0.280. The van der Waals surface area contributed by atoms with Crippen molar-refractivity contribution in [1.29, 1.82) is 0 Å². The molecule has 0 bridgehead atoms. The number of hydrogen-bond donors (Lipinski definition) is 1. The Kier molecular flexibility index (Phi) is 6.00. The van der Waals surface area contributed by atoms with Gasteiger partial charge in [0.1, 0.15) is 17.3 Å². The number of carbonyl (C=O) groups is 1. The molecule has 0 aliphatic carbocycles. The zero-order valence-corrected chi connectivity index (χ0v) is 19.1. The van der Waals surface area contributed by atoms with Crippen LogP contribution in [-0.2, 0) is 0 Å². The first-order valence-corrected chi connectivity index (χ1v) is 11.9. The van der Waals surface area contributed by atoms with E-state index in [1.54, 1.807) is 18.3 Å². The predicted molar refractivity (Wildman–Crippen MR) is 129 cm³/mol. The molecule has 1 aliphatic rings. The molecule has 1 aliphatic heterocycles. The van der Waals surface area contributed by atoms with Gasteiger partial charge in [-0.2, -0.15) is 0 Å². The zero-order valence-electron chi connectivity index (χ0n) is 18.3. The molecule has 1 amide bonds. The predicted octanol–water partition coefficient (Wildman–Crippen LogP) is 5.31. The summed E-state index contributed by atoms with van der Waals surface area (Å²) in [5.41, 5.74) is 2.95. The Hall–Kier alpha value is -3.39. The third kappa shape index (κ3) is 4.57. The van der Waals surface area contributed by atoms with Gasteiger partial charge in [0, 0.05) is 25.3 Å². The number of amides is 1. The Morgan fingerprint density at radius 2 is 1.97 bits per heavy atom. The van der Waals surface area contributed by atoms with Crippen molar-refractivity contribution in [2.24, 2.45) is 0 Å². The standard InChI is InChI=1S/C25H24FN5OS/c1-16-29-23(24(33-16)17-7-9-18(26)10-8-17)25(32)31-14-3-2-5-19(31)15-28-22-12-11-20-21(30-22)6-4-13-27-20/h4,6-13,19H,2-3,5,14-15H2,1H3,(H,28,30)/t19-/m0/s1. The summed E-state index contributed by atoms with van der Waals surface area (Å²) in [6.07, 6.45) is 4.72. The largest absolute Gasteiger partial charge is 0.368 e. The first kappa shape index (κ1) is 21.5. The van der Waals surface area contributed by atoms with Crippen molar-refractivity contribution in [2.45, 2.75) is 32.2 Å². The van der Waals surface area contributed by atoms with Crippen LogP contribution in [0.3, 0.4) is 0 Å². The van der Waals surface area contributed by atoms with Crippen LogP contribution in [-0.4, -0.2) is 44.9 Å². The maximum atomic E-state index is 13.6. The van der Waals surface area contributed by atoms with Crippen LogP contribution in [0.5, 0.6) is 0 Å². The highest BCUT2D eigenvalue weighted by atomic mass is 32.1. The SMILES string of the molecule is Cc1nc(C(=O)N2CCCC[C@H]2CNc2ccc3ncccc3n2)c(-c2ccc(F)cc2)s1. The zero-order chi connectivity index (χ0) is 22.8. The molecule has 1 N–H and O–H groups in total. The number of halogens is 1. The summed E-state index contributed by atoms with van der Waals surface area (Å²) in [6.45, 7) is 3.20. The number of piperidine rings is 1. The number of rotatable bonds is 5. The number of pyridine rings is 2. The summed E-state index contributed by atoms with van der Waals surface area (Å²) in [6, 6.07) is 13.9. The smallest absolute Gasteiger partial charge is 0.274 e. The highest BCUT2D eigenvalue weighted by molar-refractivity contribution is 7.15. The average Bonchev–Trinajstić information content (AvgIpc) is 3.24. The van der Waals surface area contributed by atoms with E-state index in [1.165, 1.54) is 23.5 Å². The van der Waals surface area contributed by atoms with Gasteiger partial charge in [-0.1, -0.05) is 12.1 Å². The van der Waals surface area contributed by atoms with Crippen LogP contribution < -0.4 is 5.32 Å². The molecule has 1 fully saturated rings. The van der Waals surface area contributed by atoms with Gasteiger partial charge in [-0.25, -0.2) is 14.4 Å². The average molecular weight is 462 g/mol. The molecule has 0 saturated carbocycles. The molecule has 8 heteroatoms. The van der Waals surface area contributed by atoms with Gasteiger partial charge in [0.25, 0.3) is 5.91 Å². The van der Waals surface area contributed by atoms with E-state index < -0.39 is 0 Å². The summed E-state index contributed by atoms with van der Waals surface area (Å²) in [5.74, 6) is 0.402. The Bertz CT molecular complexity index is 1290. The van der Waals surface area contributed by atoms with Gasteiger partial charge in [-0.3, -0.25) is 9.78 Å². The maximum Gasteiger partial charge on any atom is 0.274 e. The number of likely N-dealkylation sites (tertiary alicyclic amines) is 1. The third-order valence-electron chi connectivity index (χ3n) is 5.91. The molecule has 4 heterocycles. The molecule has 0 unspecified atom stereocenters. The van der Waals surface area contributed by atoms with Gasteiger partial charge in [0.2, 0.25) is 0 Å². The fourth-order valence-corrected chi connectivity index (χ4v) is 5.18. The van der Waals surface area contributed by atoms with Crippen molar-refractivity contribution in [3.63, 3.8) is 0 Å². The molecule has 3 aromatic heterocycles. The highest BCUT2D eigenvalue weighted by Gasteiger charge is 2.31. The van der Waals surface area contributed by atoms with Gasteiger partial charge in [-0.05, 0) is 68.1 Å². The number of nitrogens with one attached hydrogen (secondary N) is 1. The van der Waals surface area contributed by atoms with E-state index in [2.05, 4.69) is 20.3 Å². The number of anilines is 1. The fourth-order valence-electron chi connectivity index (χ4n) is 4.26. The normalized spacial score (nSPS) is 16.2. The molecule has 1 aromatic carbocycles. The Labute approximate surface area is 195 Å². The second-order valence-electron chi connectivity index (χ2n) is 8.18. The van der Waals surface area contributed by atoms with Crippen LogP contribution >= 0.6 is 11.3 Å². The van der Waals surface area contributed by atoms with E-state index >= 15 is 0 Å². The first-order chi connectivity index (χ1) is 16.1. The van der Waals surface area contributed by atoms with E-state index in [4.69, 9.17) is 0 Å². The van der Waals surface area contributed by atoms with Gasteiger partial charge in [-0.15, -0.1) is 11.3 Å². The number of aryl methyl sites for hydroxylation is 1. The topological polar surface area (TPSA) is 71.0 Å². The number of thiazole rings is 1. The molecule has 0 radical (unpaired) electrons. The van der Waals surface area contributed by atoms with Crippen molar-refractivity contribution in [3.8, 4) is 10.4 Å². The summed E-state index contributed by atoms with van der Waals surface area (Å²) < 4.78 is 13.4. The molecule has 6 nitrogen and oxygen atoms in total. The van der Waals surface area contributed by atoms with Gasteiger partial charge < -0.3 is 10.2 Å². The van der Waals surface area contributed by atoms with E-state index in [-0.39, 0.29) is 17.8 Å². The van der Waals surface area contributed by atoms with Crippen molar-refractivity contribution in [3.05, 3.63) is 71.2 Å². The molecule has 168 valence electrons. The monoisotopic (exact) mass is 461 g/mol. The number of carbonyl (C=O) groups excluding carboxylic acids is 1. The molecule has 4 aromatic rings. The van der Waals surface area contributed by atoms with Gasteiger partial charge >= 0.3 is 0 Å². The molecular formula is C25H24FN5OS. The summed E-state index contributed by atoms with van der Waals surface area (Å²) >= 11 is 1.47. The lowest BCUT2D eigenvalue weighted by molar-refractivity contribution is 0.0623. The van der Waals surface area contributed by atoms with Crippen LogP contribution in [0.1, 0.15) is 34.8 Å². The molecule has 0 spiro atoms. The number of hydrogen-bond acceptors (Lipinski definition) is 6. The minimum Gasteiger partial charge on any atom is -0.368 e. The van der Waals surface area contributed by atoms with Crippen molar-refractivity contribution in [2.75, 3.05) is 18.4 Å². The second kappa shape index (κ2) is 9.23. The van der Waals surface area contributed by atoms with Crippen LogP contribution in [0.25, 0.3) is 21.5 Å². The van der Waals surface area contributed by atoms with Crippen LogP contribution in [0.15, 0.2) is 54.7 Å². The minimum atomic E-state index is -0.298. The molecule has 33 heavy (non-hydrogen) atoms. The maximum absolute atomic E-state index is 13.6. The van der Waals surface area contributed by atoms with Crippen molar-refractivity contribution < 1.29 is 9.18 Å².